The van der Waals surface area contributed by atoms with Gasteiger partial charge in [0.1, 0.15) is 23.3 Å². The molecule has 0 radical (unpaired) electrons. The third kappa shape index (κ3) is 3.64. The molecule has 2 saturated heterocycles. The summed E-state index contributed by atoms with van der Waals surface area (Å²) in [5.74, 6) is -0.599. The van der Waals surface area contributed by atoms with Gasteiger partial charge in [0, 0.05) is 17.9 Å². The van der Waals surface area contributed by atoms with Crippen LogP contribution in [0.1, 0.15) is 23.4 Å². The highest BCUT2D eigenvalue weighted by molar-refractivity contribution is 7.99. The van der Waals surface area contributed by atoms with Crippen molar-refractivity contribution in [2.24, 2.45) is 0 Å². The molecule has 2 atom stereocenters. The van der Waals surface area contributed by atoms with Crippen molar-refractivity contribution in [1.29, 1.82) is 0 Å². The van der Waals surface area contributed by atoms with Gasteiger partial charge in [-0.1, -0.05) is 54.6 Å². The summed E-state index contributed by atoms with van der Waals surface area (Å²) < 4.78 is 14.3. The fourth-order valence-electron chi connectivity index (χ4n) is 4.42. The zero-order chi connectivity index (χ0) is 23.2. The second kappa shape index (κ2) is 8.19. The van der Waals surface area contributed by atoms with Crippen molar-refractivity contribution in [2.75, 3.05) is 18.8 Å². The highest BCUT2D eigenvalue weighted by atomic mass is 32.2. The first kappa shape index (κ1) is 21.5. The van der Waals surface area contributed by atoms with Crippen molar-refractivity contribution < 1.29 is 18.8 Å². The van der Waals surface area contributed by atoms with Crippen LogP contribution in [0.25, 0.3) is 10.8 Å². The number of fused-ring (bicyclic) bond motifs is 1. The third-order valence-corrected chi connectivity index (χ3v) is 7.52. The number of hydrogen-bond acceptors (Lipinski definition) is 4. The number of urea groups is 1. The number of amides is 4. The molecule has 2 aliphatic rings. The van der Waals surface area contributed by atoms with Gasteiger partial charge in [-0.2, -0.15) is 0 Å². The topological polar surface area (TPSA) is 69.7 Å². The van der Waals surface area contributed by atoms with Crippen LogP contribution < -0.4 is 5.32 Å². The van der Waals surface area contributed by atoms with Crippen molar-refractivity contribution in [3.05, 3.63) is 83.7 Å². The molecule has 0 unspecified atom stereocenters. The van der Waals surface area contributed by atoms with E-state index in [4.69, 9.17) is 0 Å². The van der Waals surface area contributed by atoms with Crippen molar-refractivity contribution >= 4 is 40.4 Å². The maximum atomic E-state index is 14.3. The van der Waals surface area contributed by atoms with Crippen LogP contribution in [-0.4, -0.2) is 46.5 Å². The van der Waals surface area contributed by atoms with E-state index in [1.165, 1.54) is 22.7 Å². The molecular formula is C25H22FN3O3S. The molecule has 0 aliphatic carbocycles. The SMILES string of the molecule is C[C@]1(c2ccc3ccccc3c2)NC(=O)N(CC(=O)N2CCS[C@H]2c2ccccc2F)C1=O. The molecule has 168 valence electrons. The average Bonchev–Trinajstić information content (AvgIpc) is 3.39. The lowest BCUT2D eigenvalue weighted by molar-refractivity contribution is -0.139. The molecule has 8 heteroatoms. The van der Waals surface area contributed by atoms with Gasteiger partial charge in [0.15, 0.2) is 0 Å². The van der Waals surface area contributed by atoms with E-state index >= 15 is 0 Å². The second-order valence-electron chi connectivity index (χ2n) is 8.34. The molecule has 33 heavy (non-hydrogen) atoms. The van der Waals surface area contributed by atoms with Crippen LogP contribution in [-0.2, 0) is 15.1 Å². The van der Waals surface area contributed by atoms with Gasteiger partial charge in [-0.25, -0.2) is 9.18 Å². The van der Waals surface area contributed by atoms with Crippen molar-refractivity contribution in [3.63, 3.8) is 0 Å². The maximum absolute atomic E-state index is 14.3. The summed E-state index contributed by atoms with van der Waals surface area (Å²) in [6.45, 7) is 1.68. The maximum Gasteiger partial charge on any atom is 0.325 e. The molecule has 2 aliphatic heterocycles. The first-order valence-electron chi connectivity index (χ1n) is 10.7. The molecule has 2 heterocycles. The molecule has 5 rings (SSSR count). The van der Waals surface area contributed by atoms with Crippen LogP contribution in [0.4, 0.5) is 9.18 Å². The number of imide groups is 1. The number of rotatable bonds is 4. The predicted octanol–water partition coefficient (Wildman–Crippen LogP) is 4.02. The number of nitrogens with zero attached hydrogens (tertiary/aromatic N) is 2. The van der Waals surface area contributed by atoms with Gasteiger partial charge in [0.2, 0.25) is 5.91 Å². The van der Waals surface area contributed by atoms with Crippen LogP contribution in [0.3, 0.4) is 0 Å². The Labute approximate surface area is 194 Å². The number of thioether (sulfide) groups is 1. The monoisotopic (exact) mass is 463 g/mol. The van der Waals surface area contributed by atoms with E-state index in [9.17, 15) is 18.8 Å². The molecule has 3 aromatic rings. The number of benzene rings is 3. The van der Waals surface area contributed by atoms with E-state index < -0.39 is 22.9 Å². The second-order valence-corrected chi connectivity index (χ2v) is 9.53. The Morgan fingerprint density at radius 1 is 1.09 bits per heavy atom. The number of carbonyl (C=O) groups excluding carboxylic acids is 3. The van der Waals surface area contributed by atoms with Crippen LogP contribution in [0.2, 0.25) is 0 Å². The molecule has 1 N–H and O–H groups in total. The molecule has 3 aromatic carbocycles. The fraction of sp³-hybridized carbons (Fsp3) is 0.240. The summed E-state index contributed by atoms with van der Waals surface area (Å²) in [5, 5.41) is 4.26. The minimum Gasteiger partial charge on any atom is -0.324 e. The quantitative estimate of drug-likeness (QED) is 0.594. The molecular weight excluding hydrogens is 441 g/mol. The van der Waals surface area contributed by atoms with E-state index in [-0.39, 0.29) is 18.3 Å². The number of hydrogen-bond donors (Lipinski definition) is 1. The molecule has 0 bridgehead atoms. The molecule has 6 nitrogen and oxygen atoms in total. The Kier molecular flexibility index (Phi) is 5.32. The third-order valence-electron chi connectivity index (χ3n) is 6.28. The lowest BCUT2D eigenvalue weighted by atomic mass is 9.90. The number of halogens is 1. The smallest absolute Gasteiger partial charge is 0.324 e. The van der Waals surface area contributed by atoms with Crippen molar-refractivity contribution in [1.82, 2.24) is 15.1 Å². The molecule has 4 amide bonds. The zero-order valence-electron chi connectivity index (χ0n) is 18.0. The minimum atomic E-state index is -1.27. The van der Waals surface area contributed by atoms with E-state index in [0.29, 0.717) is 23.4 Å². The molecule has 2 fully saturated rings. The summed E-state index contributed by atoms with van der Waals surface area (Å²) in [4.78, 5) is 41.7. The van der Waals surface area contributed by atoms with Crippen molar-refractivity contribution in [3.8, 4) is 0 Å². The van der Waals surface area contributed by atoms with Gasteiger partial charge in [-0.15, -0.1) is 11.8 Å². The van der Waals surface area contributed by atoms with Gasteiger partial charge in [-0.3, -0.25) is 14.5 Å². The number of nitrogens with one attached hydrogen (secondary N) is 1. The lowest BCUT2D eigenvalue weighted by Crippen LogP contribution is -2.44. The first-order valence-corrected chi connectivity index (χ1v) is 11.7. The standard InChI is InChI=1S/C25H22FN3O3S/c1-25(18-11-10-16-6-2-3-7-17(16)14-18)23(31)29(24(32)27-25)15-21(30)28-12-13-33-22(28)19-8-4-5-9-20(19)26/h2-11,14,22H,12-13,15H2,1H3,(H,27,32)/t22-,25+/m0/s1. The lowest BCUT2D eigenvalue weighted by Gasteiger charge is -2.26. The Balaban J connectivity index is 1.37. The summed E-state index contributed by atoms with van der Waals surface area (Å²) >= 11 is 1.46. The summed E-state index contributed by atoms with van der Waals surface area (Å²) in [7, 11) is 0. The Morgan fingerprint density at radius 2 is 1.82 bits per heavy atom. The number of carbonyl (C=O) groups is 3. The van der Waals surface area contributed by atoms with Crippen LogP contribution >= 0.6 is 11.8 Å². The summed E-state index contributed by atoms with van der Waals surface area (Å²) in [5.41, 5.74) is -0.200. The average molecular weight is 464 g/mol. The normalized spacial score (nSPS) is 22.8. The molecule has 0 aromatic heterocycles. The summed E-state index contributed by atoms with van der Waals surface area (Å²) in [6.07, 6.45) is 0. The van der Waals surface area contributed by atoms with Crippen molar-refractivity contribution in [2.45, 2.75) is 17.8 Å². The molecule has 0 saturated carbocycles. The van der Waals surface area contributed by atoms with Gasteiger partial charge in [0.05, 0.1) is 0 Å². The largest absolute Gasteiger partial charge is 0.325 e. The van der Waals surface area contributed by atoms with Crippen LogP contribution in [0, 0.1) is 5.82 Å². The van der Waals surface area contributed by atoms with Gasteiger partial charge in [0.25, 0.3) is 5.91 Å². The fourth-order valence-corrected chi connectivity index (χ4v) is 5.72. The zero-order valence-corrected chi connectivity index (χ0v) is 18.8. The van der Waals surface area contributed by atoms with E-state index in [0.717, 1.165) is 15.7 Å². The first-order chi connectivity index (χ1) is 15.9. The minimum absolute atomic E-state index is 0.381. The Morgan fingerprint density at radius 3 is 2.61 bits per heavy atom. The highest BCUT2D eigenvalue weighted by Crippen LogP contribution is 2.39. The van der Waals surface area contributed by atoms with Crippen LogP contribution in [0.15, 0.2) is 66.7 Å². The van der Waals surface area contributed by atoms with Gasteiger partial charge >= 0.3 is 6.03 Å². The Bertz CT molecular complexity index is 1280. The Hall–Kier alpha value is -3.39. The van der Waals surface area contributed by atoms with E-state index in [1.54, 1.807) is 25.1 Å². The van der Waals surface area contributed by atoms with Crippen LogP contribution in [0.5, 0.6) is 0 Å². The van der Waals surface area contributed by atoms with Gasteiger partial charge < -0.3 is 10.2 Å². The van der Waals surface area contributed by atoms with Gasteiger partial charge in [-0.05, 0) is 35.4 Å². The molecule has 0 spiro atoms. The summed E-state index contributed by atoms with van der Waals surface area (Å²) in [6, 6.07) is 19.1. The van der Waals surface area contributed by atoms with E-state index in [1.807, 2.05) is 42.5 Å². The van der Waals surface area contributed by atoms with E-state index in [2.05, 4.69) is 5.32 Å². The predicted molar refractivity (Wildman–Crippen MR) is 125 cm³/mol. The highest BCUT2D eigenvalue weighted by Gasteiger charge is 2.50.